The molecule has 1 heterocycles. The van der Waals surface area contributed by atoms with E-state index in [2.05, 4.69) is 26.6 Å². The molecule has 5 heteroatoms. The van der Waals surface area contributed by atoms with E-state index < -0.39 is 0 Å². The molecule has 3 rings (SSSR count). The summed E-state index contributed by atoms with van der Waals surface area (Å²) in [5.74, 6) is -0.154. The van der Waals surface area contributed by atoms with E-state index in [-0.39, 0.29) is 11.7 Å². The maximum absolute atomic E-state index is 12.5. The van der Waals surface area contributed by atoms with Crippen LogP contribution in [-0.2, 0) is 6.42 Å². The molecule has 0 aromatic heterocycles. The second kappa shape index (κ2) is 5.77. The summed E-state index contributed by atoms with van der Waals surface area (Å²) in [6, 6.07) is 10.6. The molecule has 108 valence electrons. The van der Waals surface area contributed by atoms with Gasteiger partial charge < -0.3 is 15.7 Å². The molecule has 1 aliphatic rings. The lowest BCUT2D eigenvalue weighted by atomic mass is 9.97. The molecule has 0 saturated heterocycles. The number of nitrogens with one attached hydrogen (secondary N) is 2. The van der Waals surface area contributed by atoms with Crippen LogP contribution in [-0.4, -0.2) is 17.6 Å². The first-order valence-corrected chi connectivity index (χ1v) is 7.60. The lowest BCUT2D eigenvalue weighted by Gasteiger charge is -2.20. The van der Waals surface area contributed by atoms with Gasteiger partial charge in [0.1, 0.15) is 5.75 Å². The minimum absolute atomic E-state index is 0.0504. The SMILES string of the molecule is O=C(Nc1cc(Br)ccc1O)c1cccc2c1CCCN2. The zero-order valence-electron chi connectivity index (χ0n) is 11.3. The van der Waals surface area contributed by atoms with Crippen molar-refractivity contribution in [3.63, 3.8) is 0 Å². The van der Waals surface area contributed by atoms with Crippen LogP contribution in [0.4, 0.5) is 11.4 Å². The molecule has 2 aromatic rings. The fourth-order valence-electron chi connectivity index (χ4n) is 2.52. The predicted molar refractivity (Wildman–Crippen MR) is 87.0 cm³/mol. The van der Waals surface area contributed by atoms with Gasteiger partial charge in [-0.25, -0.2) is 0 Å². The average Bonchev–Trinajstić information content (AvgIpc) is 2.50. The molecular formula is C16H15BrN2O2. The maximum atomic E-state index is 12.5. The number of rotatable bonds is 2. The second-order valence-electron chi connectivity index (χ2n) is 4.98. The maximum Gasteiger partial charge on any atom is 0.256 e. The van der Waals surface area contributed by atoms with Gasteiger partial charge in [-0.1, -0.05) is 22.0 Å². The topological polar surface area (TPSA) is 61.4 Å². The molecule has 0 aliphatic carbocycles. The van der Waals surface area contributed by atoms with Crippen molar-refractivity contribution in [3.05, 3.63) is 52.0 Å². The third-order valence-electron chi connectivity index (χ3n) is 3.55. The summed E-state index contributed by atoms with van der Waals surface area (Å²) in [6.07, 6.45) is 1.90. The summed E-state index contributed by atoms with van der Waals surface area (Å²) in [7, 11) is 0. The van der Waals surface area contributed by atoms with Gasteiger partial charge >= 0.3 is 0 Å². The zero-order valence-corrected chi connectivity index (χ0v) is 12.9. The molecule has 2 aromatic carbocycles. The van der Waals surface area contributed by atoms with Crippen molar-refractivity contribution in [1.29, 1.82) is 0 Å². The van der Waals surface area contributed by atoms with Gasteiger partial charge in [0.05, 0.1) is 5.69 Å². The number of carbonyl (C=O) groups is 1. The van der Waals surface area contributed by atoms with Crippen LogP contribution in [0.3, 0.4) is 0 Å². The van der Waals surface area contributed by atoms with Gasteiger partial charge in [-0.3, -0.25) is 4.79 Å². The number of carbonyl (C=O) groups excluding carboxylic acids is 1. The van der Waals surface area contributed by atoms with Crippen LogP contribution >= 0.6 is 15.9 Å². The van der Waals surface area contributed by atoms with Gasteiger partial charge in [0, 0.05) is 22.3 Å². The molecular weight excluding hydrogens is 332 g/mol. The molecule has 3 N–H and O–H groups in total. The first-order chi connectivity index (χ1) is 10.1. The highest BCUT2D eigenvalue weighted by atomic mass is 79.9. The van der Waals surface area contributed by atoms with Crippen molar-refractivity contribution >= 4 is 33.2 Å². The van der Waals surface area contributed by atoms with Crippen molar-refractivity contribution in [2.24, 2.45) is 0 Å². The van der Waals surface area contributed by atoms with Crippen molar-refractivity contribution in [2.45, 2.75) is 12.8 Å². The monoisotopic (exact) mass is 346 g/mol. The molecule has 21 heavy (non-hydrogen) atoms. The number of hydrogen-bond donors (Lipinski definition) is 3. The minimum atomic E-state index is -0.205. The van der Waals surface area contributed by atoms with Gasteiger partial charge in [-0.05, 0) is 48.7 Å². The largest absolute Gasteiger partial charge is 0.506 e. The number of aromatic hydroxyl groups is 1. The minimum Gasteiger partial charge on any atom is -0.506 e. The number of anilines is 2. The van der Waals surface area contributed by atoms with Crippen LogP contribution in [0.5, 0.6) is 5.75 Å². The van der Waals surface area contributed by atoms with E-state index in [1.807, 2.05) is 18.2 Å². The van der Waals surface area contributed by atoms with E-state index in [0.29, 0.717) is 11.3 Å². The van der Waals surface area contributed by atoms with Crippen molar-refractivity contribution < 1.29 is 9.90 Å². The van der Waals surface area contributed by atoms with Crippen molar-refractivity contribution in [1.82, 2.24) is 0 Å². The Morgan fingerprint density at radius 3 is 3.00 bits per heavy atom. The third kappa shape index (κ3) is 2.88. The summed E-state index contributed by atoms with van der Waals surface area (Å²) < 4.78 is 0.798. The normalized spacial score (nSPS) is 13.2. The Kier molecular flexibility index (Phi) is 3.84. The average molecular weight is 347 g/mol. The van der Waals surface area contributed by atoms with Gasteiger partial charge in [-0.15, -0.1) is 0 Å². The molecule has 1 amide bonds. The van der Waals surface area contributed by atoms with E-state index in [9.17, 15) is 9.90 Å². The Balaban J connectivity index is 1.91. The number of benzene rings is 2. The Morgan fingerprint density at radius 1 is 1.29 bits per heavy atom. The van der Waals surface area contributed by atoms with E-state index in [1.54, 1.807) is 18.2 Å². The highest BCUT2D eigenvalue weighted by molar-refractivity contribution is 9.10. The molecule has 0 radical (unpaired) electrons. The first kappa shape index (κ1) is 13.9. The van der Waals surface area contributed by atoms with E-state index in [4.69, 9.17) is 0 Å². The Hall–Kier alpha value is -2.01. The van der Waals surface area contributed by atoms with E-state index in [1.165, 1.54) is 0 Å². The van der Waals surface area contributed by atoms with Crippen LogP contribution in [0.15, 0.2) is 40.9 Å². The highest BCUT2D eigenvalue weighted by Gasteiger charge is 2.18. The fourth-order valence-corrected chi connectivity index (χ4v) is 2.88. The van der Waals surface area contributed by atoms with Crippen molar-refractivity contribution in [3.8, 4) is 5.75 Å². The molecule has 0 bridgehead atoms. The lowest BCUT2D eigenvalue weighted by Crippen LogP contribution is -2.19. The number of phenols is 1. The predicted octanol–water partition coefficient (Wildman–Crippen LogP) is 3.77. The molecule has 0 atom stereocenters. The standard InChI is InChI=1S/C16H15BrN2O2/c17-10-6-7-15(20)14(9-10)19-16(21)12-3-1-5-13-11(12)4-2-8-18-13/h1,3,5-7,9,18,20H,2,4,8H2,(H,19,21). The van der Waals surface area contributed by atoms with Crippen LogP contribution in [0, 0.1) is 0 Å². The molecule has 0 saturated carbocycles. The van der Waals surface area contributed by atoms with Gasteiger partial charge in [-0.2, -0.15) is 0 Å². The number of hydrogen-bond acceptors (Lipinski definition) is 3. The zero-order chi connectivity index (χ0) is 14.8. The van der Waals surface area contributed by atoms with Gasteiger partial charge in [0.15, 0.2) is 0 Å². The summed E-state index contributed by atoms with van der Waals surface area (Å²) in [5, 5.41) is 15.9. The lowest BCUT2D eigenvalue weighted by molar-refractivity contribution is 0.102. The smallest absolute Gasteiger partial charge is 0.256 e. The summed E-state index contributed by atoms with van der Waals surface area (Å²) in [6.45, 7) is 0.935. The highest BCUT2D eigenvalue weighted by Crippen LogP contribution is 2.29. The van der Waals surface area contributed by atoms with E-state index in [0.717, 1.165) is 35.1 Å². The second-order valence-corrected chi connectivity index (χ2v) is 5.89. The van der Waals surface area contributed by atoms with Crippen LogP contribution in [0.2, 0.25) is 0 Å². The number of amides is 1. The van der Waals surface area contributed by atoms with E-state index >= 15 is 0 Å². The molecule has 0 unspecified atom stereocenters. The third-order valence-corrected chi connectivity index (χ3v) is 4.04. The number of fused-ring (bicyclic) bond motifs is 1. The Labute approximate surface area is 131 Å². The molecule has 0 fully saturated rings. The quantitative estimate of drug-likeness (QED) is 0.725. The summed E-state index contributed by atoms with van der Waals surface area (Å²) >= 11 is 3.33. The molecule has 1 aliphatic heterocycles. The van der Waals surface area contributed by atoms with Gasteiger partial charge in [0.2, 0.25) is 0 Å². The Bertz CT molecular complexity index is 701. The van der Waals surface area contributed by atoms with Gasteiger partial charge in [0.25, 0.3) is 5.91 Å². The molecule has 4 nitrogen and oxygen atoms in total. The van der Waals surface area contributed by atoms with Crippen LogP contribution in [0.1, 0.15) is 22.3 Å². The Morgan fingerprint density at radius 2 is 2.14 bits per heavy atom. The van der Waals surface area contributed by atoms with Crippen LogP contribution < -0.4 is 10.6 Å². The number of phenolic OH excluding ortho intramolecular Hbond substituents is 1. The summed E-state index contributed by atoms with van der Waals surface area (Å²) in [5.41, 5.74) is 3.11. The fraction of sp³-hybridized carbons (Fsp3) is 0.188. The first-order valence-electron chi connectivity index (χ1n) is 6.81. The van der Waals surface area contributed by atoms with Crippen molar-refractivity contribution in [2.75, 3.05) is 17.2 Å². The summed E-state index contributed by atoms with van der Waals surface area (Å²) in [4.78, 5) is 12.5. The molecule has 0 spiro atoms. The number of halogens is 1. The van der Waals surface area contributed by atoms with Crippen LogP contribution in [0.25, 0.3) is 0 Å².